The molecule has 0 amide bonds. The number of H-pyrrole nitrogens is 1. The van der Waals surface area contributed by atoms with Gasteiger partial charge in [-0.3, -0.25) is 4.68 Å². The van der Waals surface area contributed by atoms with Crippen molar-refractivity contribution in [2.24, 2.45) is 7.05 Å². The van der Waals surface area contributed by atoms with Gasteiger partial charge in [-0.05, 0) is 61.8 Å². The van der Waals surface area contributed by atoms with Crippen molar-refractivity contribution in [3.05, 3.63) is 42.5 Å². The Balaban J connectivity index is 1.73. The van der Waals surface area contributed by atoms with E-state index in [2.05, 4.69) is 74.3 Å². The molecule has 1 aliphatic rings. The lowest BCUT2D eigenvalue weighted by Gasteiger charge is -2.23. The van der Waals surface area contributed by atoms with E-state index in [1.165, 1.54) is 43.8 Å². The van der Waals surface area contributed by atoms with Gasteiger partial charge in [0, 0.05) is 47.3 Å². The molecule has 7 heteroatoms. The molecule has 32 heavy (non-hydrogen) atoms. The molecule has 0 aliphatic carbocycles. The number of piperidine rings is 1. The van der Waals surface area contributed by atoms with Crippen LogP contribution in [-0.2, 0) is 13.6 Å². The van der Waals surface area contributed by atoms with Crippen LogP contribution in [0.2, 0.25) is 0 Å². The Morgan fingerprint density at radius 1 is 1.06 bits per heavy atom. The first-order valence-electron chi connectivity index (χ1n) is 11.5. The second-order valence-electron chi connectivity index (χ2n) is 8.99. The van der Waals surface area contributed by atoms with Crippen molar-refractivity contribution in [3.8, 4) is 0 Å². The molecule has 4 heterocycles. The maximum Gasteiger partial charge on any atom is 0.113 e. The molecule has 7 nitrogen and oxygen atoms in total. The molecule has 6 aromatic rings. The summed E-state index contributed by atoms with van der Waals surface area (Å²) in [4.78, 5) is 5.37. The van der Waals surface area contributed by atoms with Gasteiger partial charge in [0.2, 0.25) is 0 Å². The highest BCUT2D eigenvalue weighted by atomic mass is 15.2. The number of rotatable bonds is 2. The van der Waals surface area contributed by atoms with Crippen LogP contribution >= 0.6 is 0 Å². The third kappa shape index (κ3) is 2.31. The minimum atomic E-state index is 0.484. The summed E-state index contributed by atoms with van der Waals surface area (Å²) in [5, 5.41) is 22.7. The number of imidazole rings is 1. The Kier molecular flexibility index (Phi) is 3.70. The third-order valence-corrected chi connectivity index (χ3v) is 7.32. The normalized spacial score (nSPS) is 15.8. The highest BCUT2D eigenvalue weighted by Crippen LogP contribution is 2.41. The molecular formula is C25H25N7. The lowest BCUT2D eigenvalue weighted by atomic mass is 9.96. The van der Waals surface area contributed by atoms with Crippen LogP contribution in [0.25, 0.3) is 54.4 Å². The van der Waals surface area contributed by atoms with Gasteiger partial charge >= 0.3 is 0 Å². The fraction of sp³-hybridized carbons (Fsp3) is 0.320. The number of nitrogens with one attached hydrogen (secondary N) is 2. The van der Waals surface area contributed by atoms with Crippen LogP contribution in [0.15, 0.2) is 36.7 Å². The van der Waals surface area contributed by atoms with Gasteiger partial charge in [0.05, 0.1) is 28.3 Å². The van der Waals surface area contributed by atoms with Gasteiger partial charge in [-0.2, -0.15) is 10.2 Å². The molecule has 0 unspecified atom stereocenters. The maximum atomic E-state index is 5.37. The summed E-state index contributed by atoms with van der Waals surface area (Å²) in [5.74, 6) is 1.71. The molecule has 1 aliphatic heterocycles. The van der Waals surface area contributed by atoms with E-state index < -0.39 is 0 Å². The van der Waals surface area contributed by atoms with E-state index in [1.807, 2.05) is 6.20 Å². The van der Waals surface area contributed by atoms with Crippen molar-refractivity contribution >= 4 is 54.4 Å². The summed E-state index contributed by atoms with van der Waals surface area (Å²) < 4.78 is 4.53. The Bertz CT molecular complexity index is 1660. The first-order valence-corrected chi connectivity index (χ1v) is 11.5. The molecule has 1 saturated heterocycles. The maximum absolute atomic E-state index is 5.37. The molecule has 1 fully saturated rings. The quantitative estimate of drug-likeness (QED) is 0.399. The van der Waals surface area contributed by atoms with Crippen molar-refractivity contribution in [1.82, 2.24) is 34.8 Å². The lowest BCUT2D eigenvalue weighted by molar-refractivity contribution is 0.434. The lowest BCUT2D eigenvalue weighted by Crippen LogP contribution is -2.28. The second-order valence-corrected chi connectivity index (χ2v) is 8.99. The fourth-order valence-electron chi connectivity index (χ4n) is 5.74. The van der Waals surface area contributed by atoms with Crippen LogP contribution in [0.4, 0.5) is 0 Å². The molecule has 0 saturated carbocycles. The Hall–Kier alpha value is -3.45. The molecule has 0 spiro atoms. The number of fused-ring (bicyclic) bond motifs is 9. The number of aromatic amines is 1. The predicted molar refractivity (Wildman–Crippen MR) is 129 cm³/mol. The van der Waals surface area contributed by atoms with Crippen LogP contribution in [0.5, 0.6) is 0 Å². The number of aromatic nitrogens is 6. The number of nitrogens with zero attached hydrogens (tertiary/aromatic N) is 5. The molecule has 0 radical (unpaired) electrons. The van der Waals surface area contributed by atoms with Crippen molar-refractivity contribution in [3.63, 3.8) is 0 Å². The van der Waals surface area contributed by atoms with Crippen LogP contribution < -0.4 is 5.32 Å². The zero-order chi connectivity index (χ0) is 21.4. The minimum Gasteiger partial charge on any atom is -0.327 e. The number of benzene rings is 3. The average molecular weight is 424 g/mol. The van der Waals surface area contributed by atoms with E-state index in [9.17, 15) is 0 Å². The Morgan fingerprint density at radius 2 is 1.94 bits per heavy atom. The van der Waals surface area contributed by atoms with E-state index in [4.69, 9.17) is 4.98 Å². The van der Waals surface area contributed by atoms with Crippen molar-refractivity contribution in [2.45, 2.75) is 32.2 Å². The van der Waals surface area contributed by atoms with Crippen LogP contribution in [0, 0.1) is 0 Å². The smallest absolute Gasteiger partial charge is 0.113 e. The number of hydrogen-bond donors (Lipinski definition) is 2. The van der Waals surface area contributed by atoms with Gasteiger partial charge in [0.1, 0.15) is 5.82 Å². The summed E-state index contributed by atoms with van der Waals surface area (Å²) in [6.07, 6.45) is 6.25. The molecular weight excluding hydrogens is 398 g/mol. The van der Waals surface area contributed by atoms with Crippen LogP contribution in [0.1, 0.15) is 31.5 Å². The second kappa shape index (κ2) is 6.53. The first-order chi connectivity index (χ1) is 15.7. The van der Waals surface area contributed by atoms with Gasteiger partial charge in [-0.1, -0.05) is 6.07 Å². The third-order valence-electron chi connectivity index (χ3n) is 7.32. The zero-order valence-electron chi connectivity index (χ0n) is 18.3. The van der Waals surface area contributed by atoms with E-state index >= 15 is 0 Å². The molecule has 160 valence electrons. The van der Waals surface area contributed by atoms with Gasteiger partial charge in [-0.25, -0.2) is 4.98 Å². The molecule has 3 aromatic heterocycles. The van der Waals surface area contributed by atoms with Crippen LogP contribution in [0.3, 0.4) is 0 Å². The zero-order valence-corrected chi connectivity index (χ0v) is 18.3. The monoisotopic (exact) mass is 423 g/mol. The van der Waals surface area contributed by atoms with E-state index in [0.717, 1.165) is 48.9 Å². The van der Waals surface area contributed by atoms with Crippen molar-refractivity contribution in [2.75, 3.05) is 13.1 Å². The molecule has 2 N–H and O–H groups in total. The number of aryl methyl sites for hydroxylation is 2. The van der Waals surface area contributed by atoms with E-state index in [1.54, 1.807) is 0 Å². The predicted octanol–water partition coefficient (Wildman–Crippen LogP) is 4.59. The fourth-order valence-corrected chi connectivity index (χ4v) is 5.74. The summed E-state index contributed by atoms with van der Waals surface area (Å²) in [6.45, 7) is 5.25. The van der Waals surface area contributed by atoms with Gasteiger partial charge in [-0.15, -0.1) is 0 Å². The average Bonchev–Trinajstić information content (AvgIpc) is 3.55. The highest BCUT2D eigenvalue weighted by molar-refractivity contribution is 6.30. The standard InChI is InChI=1S/C25H25N7/c1-3-32-24-22-16(4-5-20-19(22)13-27-30-20)17-11-21-15(12-28-31(21)2)10-18(17)23(24)29-25(32)14-6-8-26-9-7-14/h4-5,10-14,26,28H,3,6-9H2,1-2H3. The van der Waals surface area contributed by atoms with Gasteiger partial charge < -0.3 is 15.0 Å². The summed E-state index contributed by atoms with van der Waals surface area (Å²) >= 11 is 0. The summed E-state index contributed by atoms with van der Waals surface area (Å²) in [6, 6.07) is 8.91. The Labute approximate surface area is 184 Å². The van der Waals surface area contributed by atoms with Gasteiger partial charge in [0.15, 0.2) is 0 Å². The topological polar surface area (TPSA) is 76.3 Å². The van der Waals surface area contributed by atoms with E-state index in [0.29, 0.717) is 5.92 Å². The number of hydrogen-bond acceptors (Lipinski definition) is 4. The summed E-state index contributed by atoms with van der Waals surface area (Å²) in [5.41, 5.74) is 4.45. The van der Waals surface area contributed by atoms with Crippen LogP contribution in [-0.4, -0.2) is 42.6 Å². The molecule has 3 aromatic carbocycles. The minimum absolute atomic E-state index is 0.484. The van der Waals surface area contributed by atoms with Crippen molar-refractivity contribution < 1.29 is 0 Å². The Morgan fingerprint density at radius 3 is 2.78 bits per heavy atom. The molecule has 7 rings (SSSR count). The summed E-state index contributed by atoms with van der Waals surface area (Å²) in [7, 11) is 2.05. The highest BCUT2D eigenvalue weighted by Gasteiger charge is 2.25. The first kappa shape index (κ1) is 18.2. The molecule has 0 bridgehead atoms. The van der Waals surface area contributed by atoms with E-state index in [-0.39, 0.29) is 0 Å². The molecule has 0 atom stereocenters. The van der Waals surface area contributed by atoms with Gasteiger partial charge in [0.25, 0.3) is 0 Å². The van der Waals surface area contributed by atoms with Crippen molar-refractivity contribution in [1.29, 1.82) is 0 Å². The SMILES string of the molecule is CCn1c(C2CCNCC2)nc2c3cc4c[nH]n(C)c4cc3c3ccc4nncc4c3c21. The largest absolute Gasteiger partial charge is 0.327 e.